The van der Waals surface area contributed by atoms with Crippen LogP contribution in [0.15, 0.2) is 36.5 Å². The van der Waals surface area contributed by atoms with Crippen molar-refractivity contribution in [2.24, 2.45) is 0 Å². The minimum Gasteiger partial charge on any atom is -0.338 e. The summed E-state index contributed by atoms with van der Waals surface area (Å²) in [5, 5.41) is 10.5. The minimum atomic E-state index is -0.150. The third kappa shape index (κ3) is 3.66. The summed E-state index contributed by atoms with van der Waals surface area (Å²) in [6.45, 7) is 0.813. The van der Waals surface area contributed by atoms with Crippen LogP contribution in [0.1, 0.15) is 30.4 Å². The van der Waals surface area contributed by atoms with E-state index in [-0.39, 0.29) is 11.8 Å². The van der Waals surface area contributed by atoms with Crippen molar-refractivity contribution >= 4 is 44.2 Å². The number of Topliss-reactive ketones (excluding diaryl/α,β-unsaturated/α-hetero) is 1. The van der Waals surface area contributed by atoms with Gasteiger partial charge in [0.2, 0.25) is 0 Å². The molecule has 0 amide bonds. The van der Waals surface area contributed by atoms with Gasteiger partial charge < -0.3 is 4.90 Å². The van der Waals surface area contributed by atoms with Gasteiger partial charge in [-0.1, -0.05) is 41.1 Å². The molecule has 1 aliphatic heterocycles. The molecule has 3 heterocycles. The number of rotatable bonds is 5. The molecule has 1 aliphatic rings. The van der Waals surface area contributed by atoms with E-state index in [0.717, 1.165) is 34.8 Å². The van der Waals surface area contributed by atoms with E-state index in [9.17, 15) is 4.79 Å². The van der Waals surface area contributed by atoms with Crippen LogP contribution in [0.25, 0.3) is 10.3 Å². The molecule has 0 aliphatic carbocycles. The zero-order valence-corrected chi connectivity index (χ0v) is 16.1. The predicted molar refractivity (Wildman–Crippen MR) is 107 cm³/mol. The van der Waals surface area contributed by atoms with Crippen molar-refractivity contribution in [3.05, 3.63) is 52.7 Å². The molecule has 2 aromatic heterocycles. The lowest BCUT2D eigenvalue weighted by Crippen LogP contribution is -2.36. The van der Waals surface area contributed by atoms with E-state index < -0.39 is 0 Å². The molecule has 0 saturated carbocycles. The molecular weight excluding hydrogens is 380 g/mol. The van der Waals surface area contributed by atoms with Gasteiger partial charge >= 0.3 is 0 Å². The molecule has 1 saturated heterocycles. The van der Waals surface area contributed by atoms with Crippen LogP contribution in [0.4, 0.5) is 5.13 Å². The number of pyridine rings is 1. The summed E-state index contributed by atoms with van der Waals surface area (Å²) in [7, 11) is 0. The van der Waals surface area contributed by atoms with E-state index in [1.54, 1.807) is 6.07 Å². The molecule has 1 aromatic carbocycles. The van der Waals surface area contributed by atoms with Gasteiger partial charge in [0, 0.05) is 24.2 Å². The first-order valence-electron chi connectivity index (χ1n) is 8.85. The Hall–Kier alpha value is -2.49. The van der Waals surface area contributed by atoms with Crippen molar-refractivity contribution in [3.8, 4) is 6.07 Å². The van der Waals surface area contributed by atoms with Gasteiger partial charge in [-0.15, -0.1) is 0 Å². The van der Waals surface area contributed by atoms with E-state index in [2.05, 4.69) is 20.9 Å². The Morgan fingerprint density at radius 3 is 3.07 bits per heavy atom. The van der Waals surface area contributed by atoms with Crippen LogP contribution in [0.5, 0.6) is 0 Å². The molecule has 3 aromatic rings. The topological polar surface area (TPSA) is 69.9 Å². The number of aryl methyl sites for hydroxylation is 1. The normalized spacial score (nSPS) is 16.6. The number of nitrogens with zero attached hydrogens (tertiary/aromatic N) is 4. The molecule has 1 fully saturated rings. The molecule has 1 atom stereocenters. The Bertz CT molecular complexity index is 1040. The Balaban J connectivity index is 1.51. The summed E-state index contributed by atoms with van der Waals surface area (Å²) in [6, 6.07) is 11.4. The van der Waals surface area contributed by atoms with Gasteiger partial charge in [-0.25, -0.2) is 4.98 Å². The van der Waals surface area contributed by atoms with Crippen LogP contribution in [0.2, 0.25) is 5.02 Å². The molecular formula is C20H17ClN4OS. The standard InChI is InChI=1S/C20H17ClN4OS/c21-15-5-2-1-4-14(15)7-8-17(26)16-6-3-9-25(16)20-24-19-18(27-20)10-13(11-22)12-23-19/h1-2,4-5,10,12,16H,3,6-9H2/t16-/m1/s1. The molecule has 4 rings (SSSR count). The fourth-order valence-corrected chi connectivity index (χ4v) is 4.72. The highest BCUT2D eigenvalue weighted by atomic mass is 35.5. The van der Waals surface area contributed by atoms with E-state index in [0.29, 0.717) is 29.1 Å². The zero-order valence-electron chi connectivity index (χ0n) is 14.6. The highest BCUT2D eigenvalue weighted by molar-refractivity contribution is 7.22. The maximum atomic E-state index is 12.9. The fraction of sp³-hybridized carbons (Fsp3) is 0.300. The molecule has 136 valence electrons. The molecule has 0 N–H and O–H groups in total. The first kappa shape index (κ1) is 17.9. The van der Waals surface area contributed by atoms with Gasteiger partial charge in [0.05, 0.1) is 16.3 Å². The molecule has 0 radical (unpaired) electrons. The zero-order chi connectivity index (χ0) is 18.8. The van der Waals surface area contributed by atoms with E-state index in [1.807, 2.05) is 24.3 Å². The summed E-state index contributed by atoms with van der Waals surface area (Å²) in [6.07, 6.45) is 4.45. The van der Waals surface area contributed by atoms with Crippen molar-refractivity contribution in [1.82, 2.24) is 9.97 Å². The highest BCUT2D eigenvalue weighted by Gasteiger charge is 2.32. The first-order valence-corrected chi connectivity index (χ1v) is 10.0. The Kier molecular flexibility index (Phi) is 5.06. The second-order valence-electron chi connectivity index (χ2n) is 6.56. The number of carbonyl (C=O) groups excluding carboxylic acids is 1. The van der Waals surface area contributed by atoms with Crippen molar-refractivity contribution in [3.63, 3.8) is 0 Å². The second kappa shape index (κ2) is 7.63. The van der Waals surface area contributed by atoms with E-state index in [1.165, 1.54) is 17.5 Å². The third-order valence-corrected chi connectivity index (χ3v) is 6.23. The highest BCUT2D eigenvalue weighted by Crippen LogP contribution is 2.33. The largest absolute Gasteiger partial charge is 0.338 e. The van der Waals surface area contributed by atoms with Gasteiger partial charge in [0.1, 0.15) is 6.07 Å². The second-order valence-corrected chi connectivity index (χ2v) is 7.98. The Morgan fingerprint density at radius 2 is 2.26 bits per heavy atom. The maximum Gasteiger partial charge on any atom is 0.188 e. The summed E-state index contributed by atoms with van der Waals surface area (Å²) in [5.41, 5.74) is 2.15. The Morgan fingerprint density at radius 1 is 1.41 bits per heavy atom. The molecule has 27 heavy (non-hydrogen) atoms. The number of aromatic nitrogens is 2. The van der Waals surface area contributed by atoms with Crippen LogP contribution in [0, 0.1) is 11.3 Å². The molecule has 0 bridgehead atoms. The SMILES string of the molecule is N#Cc1cnc2nc(N3CCC[C@@H]3C(=O)CCc3ccccc3Cl)sc2c1. The number of nitriles is 1. The predicted octanol–water partition coefficient (Wildman–Crippen LogP) is 4.39. The van der Waals surface area contributed by atoms with Gasteiger partial charge in [0.15, 0.2) is 16.6 Å². The van der Waals surface area contributed by atoms with Crippen molar-refractivity contribution in [1.29, 1.82) is 5.26 Å². The number of fused-ring (bicyclic) bond motifs is 1. The monoisotopic (exact) mass is 396 g/mol. The van der Waals surface area contributed by atoms with Crippen LogP contribution < -0.4 is 4.90 Å². The number of carbonyl (C=O) groups is 1. The number of hydrogen-bond donors (Lipinski definition) is 0. The van der Waals surface area contributed by atoms with Gasteiger partial charge in [0.25, 0.3) is 0 Å². The fourth-order valence-electron chi connectivity index (χ4n) is 3.45. The first-order chi connectivity index (χ1) is 13.2. The summed E-state index contributed by atoms with van der Waals surface area (Å²) in [5.74, 6) is 0.220. The summed E-state index contributed by atoms with van der Waals surface area (Å²) in [4.78, 5) is 23.8. The van der Waals surface area contributed by atoms with Crippen LogP contribution in [-0.4, -0.2) is 28.3 Å². The van der Waals surface area contributed by atoms with Gasteiger partial charge in [-0.3, -0.25) is 4.79 Å². The van der Waals surface area contributed by atoms with Crippen LogP contribution in [-0.2, 0) is 11.2 Å². The molecule has 0 spiro atoms. The van der Waals surface area contributed by atoms with Gasteiger partial charge in [-0.05, 0) is 37.0 Å². The summed E-state index contributed by atoms with van der Waals surface area (Å²) < 4.78 is 0.873. The third-order valence-electron chi connectivity index (χ3n) is 4.83. The molecule has 0 unspecified atom stereocenters. The van der Waals surface area contributed by atoms with Crippen molar-refractivity contribution in [2.45, 2.75) is 31.7 Å². The van der Waals surface area contributed by atoms with Crippen molar-refractivity contribution in [2.75, 3.05) is 11.4 Å². The average molecular weight is 397 g/mol. The number of anilines is 1. The van der Waals surface area contributed by atoms with Gasteiger partial charge in [-0.2, -0.15) is 10.2 Å². The van der Waals surface area contributed by atoms with E-state index >= 15 is 0 Å². The molecule has 7 heteroatoms. The number of thiazole rings is 1. The Labute approximate surface area is 166 Å². The number of ketones is 1. The van der Waals surface area contributed by atoms with Crippen molar-refractivity contribution < 1.29 is 4.79 Å². The van der Waals surface area contributed by atoms with Crippen LogP contribution >= 0.6 is 22.9 Å². The minimum absolute atomic E-state index is 0.150. The van der Waals surface area contributed by atoms with E-state index in [4.69, 9.17) is 16.9 Å². The number of benzene rings is 1. The lowest BCUT2D eigenvalue weighted by Gasteiger charge is -2.22. The quantitative estimate of drug-likeness (QED) is 0.639. The molecule has 5 nitrogen and oxygen atoms in total. The maximum absolute atomic E-state index is 12.9. The van der Waals surface area contributed by atoms with Crippen LogP contribution in [0.3, 0.4) is 0 Å². The average Bonchev–Trinajstić information content (AvgIpc) is 3.33. The summed E-state index contributed by atoms with van der Waals surface area (Å²) >= 11 is 7.69. The smallest absolute Gasteiger partial charge is 0.188 e. The lowest BCUT2D eigenvalue weighted by atomic mass is 10.0. The lowest BCUT2D eigenvalue weighted by molar-refractivity contribution is -0.120. The number of hydrogen-bond acceptors (Lipinski definition) is 6. The number of halogens is 1.